The second-order valence-corrected chi connectivity index (χ2v) is 9.41. The molecule has 2 atom stereocenters. The van der Waals surface area contributed by atoms with Crippen molar-refractivity contribution in [1.29, 1.82) is 0 Å². The molecule has 0 spiro atoms. The number of aromatic amines is 1. The highest BCUT2D eigenvalue weighted by Crippen LogP contribution is 2.32. The van der Waals surface area contributed by atoms with E-state index < -0.39 is 5.76 Å². The molecule has 1 saturated carbocycles. The standard InChI is InChI=1S/C21H32N8O2S/c1-13(14-7-5-8-14)23-11-16-17(24-18(22-2)19-26-21(30)31-27-19)25-20(28(16)3)29-10-6-9-15(29)12-32-4/h11,13-15H,5-10,12H2,1-4H3,(H,22,24)(H,26,27,30)/t13-,15?/m1/s1. The van der Waals surface area contributed by atoms with E-state index in [1.807, 2.05) is 25.0 Å². The van der Waals surface area contributed by atoms with E-state index >= 15 is 0 Å². The van der Waals surface area contributed by atoms with Crippen LogP contribution < -0.4 is 16.0 Å². The van der Waals surface area contributed by atoms with Gasteiger partial charge in [-0.3, -0.25) is 19.5 Å². The topological polar surface area (TPSA) is 117 Å². The van der Waals surface area contributed by atoms with Crippen LogP contribution in [0.25, 0.3) is 0 Å². The number of aromatic nitrogens is 4. The summed E-state index contributed by atoms with van der Waals surface area (Å²) < 4.78 is 6.74. The molecule has 1 saturated heterocycles. The minimum atomic E-state index is -0.627. The number of amidine groups is 1. The van der Waals surface area contributed by atoms with E-state index in [-0.39, 0.29) is 11.9 Å². The lowest BCUT2D eigenvalue weighted by atomic mass is 9.81. The maximum atomic E-state index is 11.4. The van der Waals surface area contributed by atoms with Crippen LogP contribution in [-0.4, -0.2) is 69.4 Å². The summed E-state index contributed by atoms with van der Waals surface area (Å²) in [5.74, 6) is 3.25. The highest BCUT2D eigenvalue weighted by molar-refractivity contribution is 7.98. The van der Waals surface area contributed by atoms with Gasteiger partial charge in [0.15, 0.2) is 11.7 Å². The third-order valence-corrected chi connectivity index (χ3v) is 7.22. The molecule has 2 aromatic rings. The fraction of sp³-hybridized carbons (Fsp3) is 0.667. The molecule has 0 bridgehead atoms. The molecule has 2 aromatic heterocycles. The van der Waals surface area contributed by atoms with Crippen molar-refractivity contribution in [2.24, 2.45) is 23.0 Å². The number of hydrogen-bond acceptors (Lipinski definition) is 8. The van der Waals surface area contributed by atoms with Crippen LogP contribution in [0.4, 0.5) is 11.8 Å². The zero-order valence-electron chi connectivity index (χ0n) is 19.2. The van der Waals surface area contributed by atoms with Crippen LogP contribution in [0.15, 0.2) is 19.3 Å². The van der Waals surface area contributed by atoms with Crippen LogP contribution in [0.3, 0.4) is 0 Å². The molecule has 2 N–H and O–H groups in total. The number of rotatable bonds is 8. The maximum Gasteiger partial charge on any atom is 0.439 e. The van der Waals surface area contributed by atoms with Crippen LogP contribution in [0.1, 0.15) is 50.5 Å². The fourth-order valence-electron chi connectivity index (χ4n) is 4.36. The first-order chi connectivity index (χ1) is 15.5. The Morgan fingerprint density at radius 2 is 2.22 bits per heavy atom. The van der Waals surface area contributed by atoms with Crippen LogP contribution in [0.5, 0.6) is 0 Å². The number of nitrogens with zero attached hydrogens (tertiary/aromatic N) is 6. The third-order valence-electron chi connectivity index (χ3n) is 6.50. The van der Waals surface area contributed by atoms with Gasteiger partial charge in [0.25, 0.3) is 0 Å². The number of H-pyrrole nitrogens is 1. The Labute approximate surface area is 192 Å². The summed E-state index contributed by atoms with van der Waals surface area (Å²) in [5, 5.41) is 7.00. The molecule has 174 valence electrons. The van der Waals surface area contributed by atoms with Crippen LogP contribution in [0, 0.1) is 5.92 Å². The van der Waals surface area contributed by atoms with Gasteiger partial charge in [-0.25, -0.2) is 4.79 Å². The maximum absolute atomic E-state index is 11.4. The number of thioether (sulfide) groups is 1. The summed E-state index contributed by atoms with van der Waals surface area (Å²) in [4.78, 5) is 30.4. The molecule has 32 heavy (non-hydrogen) atoms. The predicted octanol–water partition coefficient (Wildman–Crippen LogP) is 2.52. The van der Waals surface area contributed by atoms with Gasteiger partial charge in [-0.15, -0.1) is 0 Å². The summed E-state index contributed by atoms with van der Waals surface area (Å²) in [5.41, 5.74) is 0.868. The largest absolute Gasteiger partial charge is 0.439 e. The van der Waals surface area contributed by atoms with Gasteiger partial charge in [-0.05, 0) is 44.8 Å². The minimum Gasteiger partial charge on any atom is -0.338 e. The molecule has 0 aromatic carbocycles. The second kappa shape index (κ2) is 9.93. The Morgan fingerprint density at radius 1 is 1.41 bits per heavy atom. The first kappa shape index (κ1) is 22.6. The summed E-state index contributed by atoms with van der Waals surface area (Å²) >= 11 is 1.86. The lowest BCUT2D eigenvalue weighted by Crippen LogP contribution is -2.33. The molecule has 2 aliphatic rings. The summed E-state index contributed by atoms with van der Waals surface area (Å²) in [7, 11) is 3.65. The number of hydrogen-bond donors (Lipinski definition) is 2. The SMILES string of the molecule is CN=C(Nc1nc(N2CCCC2CSC)n(C)c1C=N[C@H](C)C1CCC1)c1noc(=O)[nH]1. The summed E-state index contributed by atoms with van der Waals surface area (Å²) in [6.45, 7) is 3.16. The molecule has 1 aliphatic carbocycles. The van der Waals surface area contributed by atoms with E-state index in [0.717, 1.165) is 30.4 Å². The Balaban J connectivity index is 1.67. The average Bonchev–Trinajstić information content (AvgIpc) is 3.43. The molecule has 0 radical (unpaired) electrons. The number of anilines is 2. The molecular weight excluding hydrogens is 428 g/mol. The molecule has 11 heteroatoms. The van der Waals surface area contributed by atoms with Crippen LogP contribution in [0.2, 0.25) is 0 Å². The molecule has 1 aliphatic heterocycles. The van der Waals surface area contributed by atoms with Gasteiger partial charge in [0.05, 0.1) is 6.04 Å². The highest BCUT2D eigenvalue weighted by Gasteiger charge is 2.30. The van der Waals surface area contributed by atoms with E-state index in [0.29, 0.717) is 23.6 Å². The van der Waals surface area contributed by atoms with E-state index in [1.165, 1.54) is 25.7 Å². The number of aliphatic imine (C=N–C) groups is 2. The lowest BCUT2D eigenvalue weighted by Gasteiger charge is -2.28. The quantitative estimate of drug-likeness (QED) is 0.459. The molecular formula is C21H32N8O2S. The van der Waals surface area contributed by atoms with Crippen LogP contribution >= 0.6 is 11.8 Å². The molecule has 1 unspecified atom stereocenters. The van der Waals surface area contributed by atoms with E-state index in [1.54, 1.807) is 7.05 Å². The zero-order valence-corrected chi connectivity index (χ0v) is 20.0. The van der Waals surface area contributed by atoms with Gasteiger partial charge in [-0.1, -0.05) is 11.6 Å². The van der Waals surface area contributed by atoms with Gasteiger partial charge >= 0.3 is 5.76 Å². The zero-order chi connectivity index (χ0) is 22.7. The Morgan fingerprint density at radius 3 is 2.84 bits per heavy atom. The van der Waals surface area contributed by atoms with Crippen LogP contribution in [-0.2, 0) is 7.05 Å². The van der Waals surface area contributed by atoms with Crippen molar-refractivity contribution in [1.82, 2.24) is 19.7 Å². The van der Waals surface area contributed by atoms with Gasteiger partial charge in [0.2, 0.25) is 11.8 Å². The van der Waals surface area contributed by atoms with Gasteiger partial charge in [0.1, 0.15) is 5.69 Å². The predicted molar refractivity (Wildman–Crippen MR) is 130 cm³/mol. The number of imidazole rings is 1. The van der Waals surface area contributed by atoms with E-state index in [2.05, 4.69) is 47.6 Å². The Hall–Kier alpha value is -2.56. The lowest BCUT2D eigenvalue weighted by molar-refractivity contribution is 0.275. The first-order valence-electron chi connectivity index (χ1n) is 11.2. The van der Waals surface area contributed by atoms with E-state index in [4.69, 9.17) is 9.98 Å². The number of nitrogens with one attached hydrogen (secondary N) is 2. The van der Waals surface area contributed by atoms with Crippen molar-refractivity contribution in [3.05, 3.63) is 22.1 Å². The van der Waals surface area contributed by atoms with Crippen molar-refractivity contribution in [3.8, 4) is 0 Å². The average molecular weight is 461 g/mol. The van der Waals surface area contributed by atoms with Gasteiger partial charge in [-0.2, -0.15) is 16.7 Å². The molecule has 3 heterocycles. The van der Waals surface area contributed by atoms with Gasteiger partial charge in [0, 0.05) is 38.6 Å². The van der Waals surface area contributed by atoms with Crippen molar-refractivity contribution in [2.75, 3.05) is 35.8 Å². The van der Waals surface area contributed by atoms with Crippen molar-refractivity contribution in [2.45, 2.75) is 51.1 Å². The van der Waals surface area contributed by atoms with Crippen molar-refractivity contribution in [3.63, 3.8) is 0 Å². The monoisotopic (exact) mass is 460 g/mol. The molecule has 0 amide bonds. The van der Waals surface area contributed by atoms with Gasteiger partial charge < -0.3 is 14.8 Å². The van der Waals surface area contributed by atoms with Crippen molar-refractivity contribution < 1.29 is 4.52 Å². The molecule has 10 nitrogen and oxygen atoms in total. The highest BCUT2D eigenvalue weighted by atomic mass is 32.2. The molecule has 2 fully saturated rings. The van der Waals surface area contributed by atoms with Crippen molar-refractivity contribution >= 4 is 35.6 Å². The second-order valence-electron chi connectivity index (χ2n) is 8.50. The molecule has 4 rings (SSSR count). The van der Waals surface area contributed by atoms with E-state index in [9.17, 15) is 4.79 Å². The Kier molecular flexibility index (Phi) is 7.02. The minimum absolute atomic E-state index is 0.233. The smallest absolute Gasteiger partial charge is 0.338 e. The summed E-state index contributed by atoms with van der Waals surface area (Å²) in [6.07, 6.45) is 10.2. The normalized spacial score (nSPS) is 20.8. The third kappa shape index (κ3) is 4.62. The summed E-state index contributed by atoms with van der Waals surface area (Å²) in [6, 6.07) is 0.737. The fourth-order valence-corrected chi connectivity index (χ4v) is 5.09. The Bertz CT molecular complexity index is 1030. The first-order valence-corrected chi connectivity index (χ1v) is 12.6.